The molecule has 0 unspecified atom stereocenters. The number of hydrogen-bond donors (Lipinski definition) is 0. The molecule has 5 heteroatoms. The van der Waals surface area contributed by atoms with Gasteiger partial charge in [0.15, 0.2) is 5.90 Å². The molecule has 0 aliphatic carbocycles. The van der Waals surface area contributed by atoms with Crippen molar-refractivity contribution in [3.05, 3.63) is 0 Å². The van der Waals surface area contributed by atoms with Gasteiger partial charge in [-0.2, -0.15) is 0 Å². The molecule has 1 atom stereocenters. The van der Waals surface area contributed by atoms with Gasteiger partial charge >= 0.3 is 6.09 Å². The van der Waals surface area contributed by atoms with Gasteiger partial charge in [-0.25, -0.2) is 4.79 Å². The maximum Gasteiger partial charge on any atom is 0.410 e. The van der Waals surface area contributed by atoms with Gasteiger partial charge in [-0.3, -0.25) is 4.99 Å². The molecule has 0 bridgehead atoms. The molecule has 1 fully saturated rings. The van der Waals surface area contributed by atoms with E-state index in [1.54, 1.807) is 4.90 Å². The van der Waals surface area contributed by atoms with Gasteiger partial charge in [0.25, 0.3) is 0 Å². The van der Waals surface area contributed by atoms with Gasteiger partial charge in [-0.1, -0.05) is 0 Å². The third-order valence-corrected chi connectivity index (χ3v) is 2.80. The molecule has 0 spiro atoms. The van der Waals surface area contributed by atoms with E-state index < -0.39 is 5.60 Å². The van der Waals surface area contributed by atoms with Crippen molar-refractivity contribution in [2.75, 3.05) is 26.2 Å². The minimum absolute atomic E-state index is 0.237. The predicted octanol–water partition coefficient (Wildman–Crippen LogP) is 1.67. The predicted molar refractivity (Wildman–Crippen MR) is 64.2 cm³/mol. The number of likely N-dealkylation sites (tertiary alicyclic amines) is 1. The highest BCUT2D eigenvalue weighted by Crippen LogP contribution is 2.22. The summed E-state index contributed by atoms with van der Waals surface area (Å²) in [6.45, 7) is 8.44. The van der Waals surface area contributed by atoms with E-state index in [0.717, 1.165) is 25.4 Å². The second kappa shape index (κ2) is 4.55. The second-order valence-corrected chi connectivity index (χ2v) is 5.48. The Morgan fingerprint density at radius 2 is 2.29 bits per heavy atom. The molecular formula is C12H20N2O3. The molecular weight excluding hydrogens is 220 g/mol. The van der Waals surface area contributed by atoms with Crippen LogP contribution in [0.3, 0.4) is 0 Å². The summed E-state index contributed by atoms with van der Waals surface area (Å²) in [5.41, 5.74) is -0.434. The van der Waals surface area contributed by atoms with Crippen LogP contribution in [0, 0.1) is 5.92 Å². The van der Waals surface area contributed by atoms with Crippen molar-refractivity contribution in [1.29, 1.82) is 0 Å². The Bertz CT molecular complexity index is 333. The molecule has 17 heavy (non-hydrogen) atoms. The summed E-state index contributed by atoms with van der Waals surface area (Å²) in [6, 6.07) is 0. The summed E-state index contributed by atoms with van der Waals surface area (Å²) in [6.07, 6.45) is 0.677. The van der Waals surface area contributed by atoms with Crippen LogP contribution in [0.15, 0.2) is 4.99 Å². The molecule has 1 saturated heterocycles. The van der Waals surface area contributed by atoms with Crippen LogP contribution in [0.4, 0.5) is 4.79 Å². The van der Waals surface area contributed by atoms with Crippen molar-refractivity contribution in [3.63, 3.8) is 0 Å². The molecule has 0 radical (unpaired) electrons. The normalized spacial score (nSPS) is 24.5. The number of ether oxygens (including phenoxy) is 2. The quantitative estimate of drug-likeness (QED) is 0.700. The molecule has 2 rings (SSSR count). The van der Waals surface area contributed by atoms with Crippen LogP contribution < -0.4 is 0 Å². The Kier molecular flexibility index (Phi) is 3.26. The summed E-state index contributed by atoms with van der Waals surface area (Å²) in [5.74, 6) is 1.07. The average molecular weight is 240 g/mol. The SMILES string of the molecule is CC(C)(C)OC(=O)N1CC[C@@H](C2=NCCO2)C1. The lowest BCUT2D eigenvalue weighted by Gasteiger charge is -2.24. The van der Waals surface area contributed by atoms with Gasteiger partial charge in [0, 0.05) is 13.1 Å². The van der Waals surface area contributed by atoms with Crippen LogP contribution in [0.5, 0.6) is 0 Å². The number of amides is 1. The van der Waals surface area contributed by atoms with Crippen LogP contribution >= 0.6 is 0 Å². The molecule has 2 heterocycles. The van der Waals surface area contributed by atoms with Crippen LogP contribution in [0.25, 0.3) is 0 Å². The number of nitrogens with zero attached hydrogens (tertiary/aromatic N) is 2. The van der Waals surface area contributed by atoms with E-state index in [1.165, 1.54) is 0 Å². The maximum absolute atomic E-state index is 11.8. The lowest BCUT2D eigenvalue weighted by Crippen LogP contribution is -2.35. The fraction of sp³-hybridized carbons (Fsp3) is 0.833. The molecule has 2 aliphatic heterocycles. The molecule has 0 aromatic rings. The van der Waals surface area contributed by atoms with E-state index in [4.69, 9.17) is 9.47 Å². The van der Waals surface area contributed by atoms with Crippen molar-refractivity contribution in [2.24, 2.45) is 10.9 Å². The van der Waals surface area contributed by atoms with E-state index in [9.17, 15) is 4.79 Å². The van der Waals surface area contributed by atoms with Crippen LogP contribution in [0.2, 0.25) is 0 Å². The number of carbonyl (C=O) groups is 1. The van der Waals surface area contributed by atoms with Crippen molar-refractivity contribution < 1.29 is 14.3 Å². The number of hydrogen-bond acceptors (Lipinski definition) is 4. The smallest absolute Gasteiger partial charge is 0.410 e. The Morgan fingerprint density at radius 1 is 1.53 bits per heavy atom. The first-order valence-corrected chi connectivity index (χ1v) is 6.11. The van der Waals surface area contributed by atoms with Gasteiger partial charge in [-0.15, -0.1) is 0 Å². The lowest BCUT2D eigenvalue weighted by molar-refractivity contribution is 0.0291. The molecule has 0 aromatic heterocycles. The zero-order chi connectivity index (χ0) is 12.5. The Labute approximate surface area is 102 Å². The third kappa shape index (κ3) is 3.11. The minimum atomic E-state index is -0.434. The first-order chi connectivity index (χ1) is 7.96. The monoisotopic (exact) mass is 240 g/mol. The fourth-order valence-corrected chi connectivity index (χ4v) is 2.05. The van der Waals surface area contributed by atoms with Crippen LogP contribution in [-0.4, -0.2) is 48.7 Å². The summed E-state index contributed by atoms with van der Waals surface area (Å²) >= 11 is 0. The molecule has 0 aromatic carbocycles. The summed E-state index contributed by atoms with van der Waals surface area (Å²) in [4.78, 5) is 17.9. The highest BCUT2D eigenvalue weighted by molar-refractivity contribution is 5.81. The average Bonchev–Trinajstić information content (AvgIpc) is 2.86. The summed E-state index contributed by atoms with van der Waals surface area (Å²) in [5, 5.41) is 0. The molecule has 1 amide bonds. The van der Waals surface area contributed by atoms with Crippen molar-refractivity contribution in [3.8, 4) is 0 Å². The van der Waals surface area contributed by atoms with Gasteiger partial charge in [0.2, 0.25) is 0 Å². The Hall–Kier alpha value is -1.26. The Morgan fingerprint density at radius 3 is 2.88 bits per heavy atom. The summed E-state index contributed by atoms with van der Waals surface area (Å²) in [7, 11) is 0. The highest BCUT2D eigenvalue weighted by atomic mass is 16.6. The summed E-state index contributed by atoms with van der Waals surface area (Å²) < 4.78 is 10.8. The minimum Gasteiger partial charge on any atom is -0.479 e. The number of aliphatic imine (C=N–C) groups is 1. The van der Waals surface area contributed by atoms with Crippen molar-refractivity contribution in [1.82, 2.24) is 4.90 Å². The maximum atomic E-state index is 11.8. The van der Waals surface area contributed by atoms with E-state index in [-0.39, 0.29) is 12.0 Å². The standard InChI is InChI=1S/C12H20N2O3/c1-12(2,3)17-11(15)14-6-4-9(8-14)10-13-5-7-16-10/h9H,4-8H2,1-3H3/t9-/m1/s1. The van der Waals surface area contributed by atoms with Crippen molar-refractivity contribution >= 4 is 12.0 Å². The van der Waals surface area contributed by atoms with Gasteiger partial charge < -0.3 is 14.4 Å². The van der Waals surface area contributed by atoms with E-state index in [0.29, 0.717) is 13.2 Å². The first kappa shape index (κ1) is 12.2. The molecule has 0 N–H and O–H groups in total. The largest absolute Gasteiger partial charge is 0.479 e. The van der Waals surface area contributed by atoms with E-state index in [1.807, 2.05) is 20.8 Å². The van der Waals surface area contributed by atoms with Crippen molar-refractivity contribution in [2.45, 2.75) is 32.8 Å². The van der Waals surface area contributed by atoms with Gasteiger partial charge in [-0.05, 0) is 27.2 Å². The van der Waals surface area contributed by atoms with Gasteiger partial charge in [0.1, 0.15) is 12.2 Å². The zero-order valence-corrected chi connectivity index (χ0v) is 10.7. The second-order valence-electron chi connectivity index (χ2n) is 5.48. The lowest BCUT2D eigenvalue weighted by atomic mass is 10.1. The molecule has 5 nitrogen and oxygen atoms in total. The van der Waals surface area contributed by atoms with Crippen LogP contribution in [-0.2, 0) is 9.47 Å². The van der Waals surface area contributed by atoms with E-state index >= 15 is 0 Å². The Balaban J connectivity index is 1.87. The topological polar surface area (TPSA) is 51.1 Å². The molecule has 0 saturated carbocycles. The zero-order valence-electron chi connectivity index (χ0n) is 10.7. The first-order valence-electron chi connectivity index (χ1n) is 6.11. The highest BCUT2D eigenvalue weighted by Gasteiger charge is 2.33. The van der Waals surface area contributed by atoms with E-state index in [2.05, 4.69) is 4.99 Å². The van der Waals surface area contributed by atoms with Gasteiger partial charge in [0.05, 0.1) is 12.5 Å². The molecule has 2 aliphatic rings. The fourth-order valence-electron chi connectivity index (χ4n) is 2.05. The molecule has 96 valence electrons. The number of carbonyl (C=O) groups excluding carboxylic acids is 1. The number of rotatable bonds is 1. The third-order valence-electron chi connectivity index (χ3n) is 2.80. The van der Waals surface area contributed by atoms with Crippen LogP contribution in [0.1, 0.15) is 27.2 Å².